The van der Waals surface area contributed by atoms with E-state index in [1.54, 1.807) is 19.3 Å². The molecule has 0 aromatic carbocycles. The van der Waals surface area contributed by atoms with Crippen molar-refractivity contribution < 1.29 is 4.79 Å². The van der Waals surface area contributed by atoms with Crippen LogP contribution in [0.3, 0.4) is 0 Å². The van der Waals surface area contributed by atoms with E-state index in [1.165, 1.54) is 0 Å². The van der Waals surface area contributed by atoms with Gasteiger partial charge in [0.15, 0.2) is 0 Å². The van der Waals surface area contributed by atoms with Gasteiger partial charge in [-0.2, -0.15) is 0 Å². The molecule has 0 atom stereocenters. The van der Waals surface area contributed by atoms with Crippen molar-refractivity contribution in [2.45, 2.75) is 13.3 Å². The molecular weight excluding hydrogens is 204 g/mol. The molecule has 0 saturated heterocycles. The van der Waals surface area contributed by atoms with E-state index in [4.69, 9.17) is 5.73 Å². The molecule has 1 rings (SSSR count). The molecule has 0 aliphatic carbocycles. The maximum absolute atomic E-state index is 11.3. The smallest absolute Gasteiger partial charge is 0.239 e. The number of pyridine rings is 1. The second kappa shape index (κ2) is 5.95. The number of amides is 1. The van der Waals surface area contributed by atoms with Crippen LogP contribution in [0.2, 0.25) is 0 Å². The molecule has 0 spiro atoms. The number of nitrogen functional groups attached to an aromatic ring is 1. The summed E-state index contributed by atoms with van der Waals surface area (Å²) in [5.41, 5.74) is 6.44. The molecule has 1 amide bonds. The number of carbonyl (C=O) groups excluding carboxylic acids is 1. The largest absolute Gasteiger partial charge is 0.384 e. The SMILES string of the molecule is CCCN(CC(=O)NC)c1ccc(N)nc1. The van der Waals surface area contributed by atoms with E-state index in [9.17, 15) is 4.79 Å². The maximum Gasteiger partial charge on any atom is 0.239 e. The Labute approximate surface area is 95.7 Å². The van der Waals surface area contributed by atoms with Crippen LogP contribution in [0.1, 0.15) is 13.3 Å². The molecule has 0 aliphatic rings. The molecule has 5 nitrogen and oxygen atoms in total. The Morgan fingerprint density at radius 2 is 2.31 bits per heavy atom. The zero-order valence-electron chi connectivity index (χ0n) is 9.73. The van der Waals surface area contributed by atoms with Crippen LogP contribution < -0.4 is 16.0 Å². The summed E-state index contributed by atoms with van der Waals surface area (Å²) >= 11 is 0. The number of rotatable bonds is 5. The van der Waals surface area contributed by atoms with Gasteiger partial charge in [-0.3, -0.25) is 4.79 Å². The summed E-state index contributed by atoms with van der Waals surface area (Å²) in [6.07, 6.45) is 2.66. The number of likely N-dealkylation sites (N-methyl/N-ethyl adjacent to an activating group) is 1. The number of anilines is 2. The van der Waals surface area contributed by atoms with Gasteiger partial charge in [0.25, 0.3) is 0 Å². The van der Waals surface area contributed by atoms with Gasteiger partial charge in [-0.1, -0.05) is 6.92 Å². The molecule has 16 heavy (non-hydrogen) atoms. The molecule has 1 heterocycles. The third kappa shape index (κ3) is 3.42. The van der Waals surface area contributed by atoms with Gasteiger partial charge >= 0.3 is 0 Å². The van der Waals surface area contributed by atoms with Crippen LogP contribution in [-0.4, -0.2) is 31.0 Å². The van der Waals surface area contributed by atoms with Crippen LogP contribution in [0, 0.1) is 0 Å². The predicted octanol–water partition coefficient (Wildman–Crippen LogP) is 0.626. The van der Waals surface area contributed by atoms with Crippen molar-refractivity contribution in [1.82, 2.24) is 10.3 Å². The lowest BCUT2D eigenvalue weighted by molar-refractivity contribution is -0.119. The minimum Gasteiger partial charge on any atom is -0.384 e. The highest BCUT2D eigenvalue weighted by atomic mass is 16.1. The number of nitrogens with two attached hydrogens (primary N) is 1. The zero-order valence-corrected chi connectivity index (χ0v) is 9.73. The summed E-state index contributed by atoms with van der Waals surface area (Å²) < 4.78 is 0. The third-order valence-corrected chi connectivity index (χ3v) is 2.24. The predicted molar refractivity (Wildman–Crippen MR) is 65.2 cm³/mol. The van der Waals surface area contributed by atoms with E-state index in [1.807, 2.05) is 11.0 Å². The Kier molecular flexibility index (Phi) is 4.57. The molecule has 3 N–H and O–H groups in total. The maximum atomic E-state index is 11.3. The first-order valence-electron chi connectivity index (χ1n) is 5.34. The normalized spacial score (nSPS) is 9.88. The summed E-state index contributed by atoms with van der Waals surface area (Å²) in [6, 6.07) is 3.61. The first-order chi connectivity index (χ1) is 7.67. The fraction of sp³-hybridized carbons (Fsp3) is 0.455. The molecule has 1 aromatic heterocycles. The van der Waals surface area contributed by atoms with E-state index in [-0.39, 0.29) is 5.91 Å². The van der Waals surface area contributed by atoms with Crippen molar-refractivity contribution in [2.24, 2.45) is 0 Å². The lowest BCUT2D eigenvalue weighted by Crippen LogP contribution is -2.36. The van der Waals surface area contributed by atoms with Crippen molar-refractivity contribution in [1.29, 1.82) is 0 Å². The minimum atomic E-state index is -0.00900. The van der Waals surface area contributed by atoms with Gasteiger partial charge < -0.3 is 16.0 Å². The molecule has 5 heteroatoms. The van der Waals surface area contributed by atoms with Crippen LogP contribution in [0.4, 0.5) is 11.5 Å². The van der Waals surface area contributed by atoms with Gasteiger partial charge in [0, 0.05) is 13.6 Å². The van der Waals surface area contributed by atoms with Crippen LogP contribution in [0.15, 0.2) is 18.3 Å². The van der Waals surface area contributed by atoms with E-state index >= 15 is 0 Å². The summed E-state index contributed by atoms with van der Waals surface area (Å²) in [5.74, 6) is 0.477. The number of carbonyl (C=O) groups is 1. The minimum absolute atomic E-state index is 0.00900. The Balaban J connectivity index is 2.76. The molecule has 0 aliphatic heterocycles. The number of hydrogen-bond donors (Lipinski definition) is 2. The van der Waals surface area contributed by atoms with Crippen molar-refractivity contribution in [3.05, 3.63) is 18.3 Å². The highest BCUT2D eigenvalue weighted by Gasteiger charge is 2.09. The van der Waals surface area contributed by atoms with Gasteiger partial charge in [-0.15, -0.1) is 0 Å². The fourth-order valence-corrected chi connectivity index (χ4v) is 1.41. The lowest BCUT2D eigenvalue weighted by atomic mass is 10.3. The monoisotopic (exact) mass is 222 g/mol. The van der Waals surface area contributed by atoms with Crippen molar-refractivity contribution >= 4 is 17.4 Å². The molecule has 0 radical (unpaired) electrons. The second-order valence-corrected chi connectivity index (χ2v) is 3.54. The molecule has 0 unspecified atom stereocenters. The number of nitrogens with zero attached hydrogens (tertiary/aromatic N) is 2. The van der Waals surface area contributed by atoms with Crippen molar-refractivity contribution in [2.75, 3.05) is 30.8 Å². The highest BCUT2D eigenvalue weighted by molar-refractivity contribution is 5.81. The Hall–Kier alpha value is -1.78. The Morgan fingerprint density at radius 1 is 1.56 bits per heavy atom. The average molecular weight is 222 g/mol. The van der Waals surface area contributed by atoms with Gasteiger partial charge in [-0.05, 0) is 18.6 Å². The molecule has 1 aromatic rings. The first kappa shape index (κ1) is 12.3. The second-order valence-electron chi connectivity index (χ2n) is 3.54. The molecule has 0 saturated carbocycles. The highest BCUT2D eigenvalue weighted by Crippen LogP contribution is 2.13. The van der Waals surface area contributed by atoms with Crippen molar-refractivity contribution in [3.63, 3.8) is 0 Å². The van der Waals surface area contributed by atoms with Crippen molar-refractivity contribution in [3.8, 4) is 0 Å². The van der Waals surface area contributed by atoms with Crippen LogP contribution >= 0.6 is 0 Å². The summed E-state index contributed by atoms with van der Waals surface area (Å²) in [4.78, 5) is 17.3. The standard InChI is InChI=1S/C11H18N4O/c1-3-6-15(8-11(16)13-2)9-4-5-10(12)14-7-9/h4-5,7H,3,6,8H2,1-2H3,(H2,12,14)(H,13,16). The lowest BCUT2D eigenvalue weighted by Gasteiger charge is -2.22. The fourth-order valence-electron chi connectivity index (χ4n) is 1.41. The van der Waals surface area contributed by atoms with E-state index < -0.39 is 0 Å². The molecule has 88 valence electrons. The van der Waals surface area contributed by atoms with Crippen LogP contribution in [0.25, 0.3) is 0 Å². The summed E-state index contributed by atoms with van der Waals surface area (Å²) in [6.45, 7) is 3.23. The molecular formula is C11H18N4O. The van der Waals surface area contributed by atoms with E-state index in [0.29, 0.717) is 12.4 Å². The van der Waals surface area contributed by atoms with E-state index in [2.05, 4.69) is 17.2 Å². The Bertz CT molecular complexity index is 336. The average Bonchev–Trinajstić information content (AvgIpc) is 2.29. The van der Waals surface area contributed by atoms with E-state index in [0.717, 1.165) is 18.7 Å². The number of aromatic nitrogens is 1. The van der Waals surface area contributed by atoms with Gasteiger partial charge in [0.05, 0.1) is 18.4 Å². The Morgan fingerprint density at radius 3 is 2.81 bits per heavy atom. The van der Waals surface area contributed by atoms with Crippen LogP contribution in [0.5, 0.6) is 0 Å². The van der Waals surface area contributed by atoms with Gasteiger partial charge in [0.1, 0.15) is 5.82 Å². The molecule has 0 fully saturated rings. The van der Waals surface area contributed by atoms with Gasteiger partial charge in [0.2, 0.25) is 5.91 Å². The number of nitrogens with one attached hydrogen (secondary N) is 1. The molecule has 0 bridgehead atoms. The zero-order chi connectivity index (χ0) is 12.0. The topological polar surface area (TPSA) is 71.2 Å². The number of hydrogen-bond acceptors (Lipinski definition) is 4. The van der Waals surface area contributed by atoms with Crippen LogP contribution in [-0.2, 0) is 4.79 Å². The quantitative estimate of drug-likeness (QED) is 0.766. The summed E-state index contributed by atoms with van der Waals surface area (Å²) in [7, 11) is 1.63. The first-order valence-corrected chi connectivity index (χ1v) is 5.34. The third-order valence-electron chi connectivity index (χ3n) is 2.24. The van der Waals surface area contributed by atoms with Gasteiger partial charge in [-0.25, -0.2) is 4.98 Å². The summed E-state index contributed by atoms with van der Waals surface area (Å²) in [5, 5.41) is 2.61.